The minimum atomic E-state index is -0.610. The van der Waals surface area contributed by atoms with Crippen LogP contribution >= 0.6 is 23.2 Å². The lowest BCUT2D eigenvalue weighted by molar-refractivity contribution is 0.498. The van der Waals surface area contributed by atoms with E-state index in [0.29, 0.717) is 17.9 Å². The molecule has 1 N–H and O–H groups in total. The number of furan rings is 1. The molecule has 0 radical (unpaired) electrons. The fraction of sp³-hybridized carbons (Fsp3) is 0.231. The van der Waals surface area contributed by atoms with Crippen molar-refractivity contribution in [2.75, 3.05) is 6.54 Å². The van der Waals surface area contributed by atoms with Crippen LogP contribution in [0.25, 0.3) is 11.3 Å². The monoisotopic (exact) mass is 287 g/mol. The molecular formula is C13H12Cl2FNO. The Kier molecular flexibility index (Phi) is 4.27. The molecule has 96 valence electrons. The first kappa shape index (κ1) is 13.4. The largest absolute Gasteiger partial charge is 0.460 e. The van der Waals surface area contributed by atoms with Gasteiger partial charge in [0.05, 0.1) is 16.6 Å². The summed E-state index contributed by atoms with van der Waals surface area (Å²) in [4.78, 5) is 0. The Balaban J connectivity index is 2.28. The molecule has 18 heavy (non-hydrogen) atoms. The number of hydrogen-bond donors (Lipinski definition) is 1. The summed E-state index contributed by atoms with van der Waals surface area (Å²) in [5, 5.41) is 3.13. The van der Waals surface area contributed by atoms with Gasteiger partial charge in [-0.2, -0.15) is 0 Å². The average Bonchev–Trinajstić information content (AvgIpc) is 2.81. The highest BCUT2D eigenvalue weighted by atomic mass is 35.5. The third kappa shape index (κ3) is 2.86. The van der Waals surface area contributed by atoms with Crippen molar-refractivity contribution in [3.63, 3.8) is 0 Å². The Hall–Kier alpha value is -1.03. The molecule has 0 aliphatic rings. The van der Waals surface area contributed by atoms with E-state index in [-0.39, 0.29) is 10.0 Å². The third-order valence-corrected chi connectivity index (χ3v) is 3.03. The van der Waals surface area contributed by atoms with Gasteiger partial charge in [-0.3, -0.25) is 0 Å². The van der Waals surface area contributed by atoms with Crippen molar-refractivity contribution in [2.45, 2.75) is 13.5 Å². The summed E-state index contributed by atoms with van der Waals surface area (Å²) in [6.45, 7) is 3.53. The molecule has 0 atom stereocenters. The molecule has 0 bridgehead atoms. The fourth-order valence-electron chi connectivity index (χ4n) is 1.57. The summed E-state index contributed by atoms with van der Waals surface area (Å²) in [7, 11) is 0. The second kappa shape index (κ2) is 5.74. The maximum Gasteiger partial charge on any atom is 0.160 e. The lowest BCUT2D eigenvalue weighted by Crippen LogP contribution is -2.10. The molecule has 0 aliphatic heterocycles. The number of benzene rings is 1. The van der Waals surface area contributed by atoms with Crippen molar-refractivity contribution in [1.29, 1.82) is 0 Å². The van der Waals surface area contributed by atoms with E-state index >= 15 is 0 Å². The van der Waals surface area contributed by atoms with Crippen molar-refractivity contribution in [3.05, 3.63) is 45.9 Å². The van der Waals surface area contributed by atoms with Gasteiger partial charge in [-0.1, -0.05) is 30.1 Å². The standard InChI is InChI=1S/C13H12Cl2FNO/c1-2-17-7-9-3-4-12(18-9)8-5-10(14)13(16)11(15)6-8/h3-6,17H,2,7H2,1H3. The maximum absolute atomic E-state index is 13.3. The second-order valence-corrected chi connectivity index (χ2v) is 4.61. The first-order chi connectivity index (χ1) is 8.61. The van der Waals surface area contributed by atoms with Gasteiger partial charge >= 0.3 is 0 Å². The topological polar surface area (TPSA) is 25.2 Å². The predicted molar refractivity (Wildman–Crippen MR) is 71.5 cm³/mol. The second-order valence-electron chi connectivity index (χ2n) is 3.80. The van der Waals surface area contributed by atoms with E-state index in [1.54, 1.807) is 0 Å². The highest BCUT2D eigenvalue weighted by Gasteiger charge is 2.11. The molecule has 0 saturated carbocycles. The summed E-state index contributed by atoms with van der Waals surface area (Å²) < 4.78 is 18.9. The zero-order chi connectivity index (χ0) is 13.1. The molecule has 2 aromatic rings. The van der Waals surface area contributed by atoms with Gasteiger partial charge in [0.25, 0.3) is 0 Å². The molecule has 0 spiro atoms. The van der Waals surface area contributed by atoms with Gasteiger partial charge in [0.15, 0.2) is 5.82 Å². The van der Waals surface area contributed by atoms with Crippen LogP contribution in [0.1, 0.15) is 12.7 Å². The van der Waals surface area contributed by atoms with E-state index < -0.39 is 5.82 Å². The molecule has 2 rings (SSSR count). The highest BCUT2D eigenvalue weighted by Crippen LogP contribution is 2.31. The van der Waals surface area contributed by atoms with E-state index in [2.05, 4.69) is 5.32 Å². The maximum atomic E-state index is 13.3. The van der Waals surface area contributed by atoms with Crippen LogP contribution in [0.4, 0.5) is 4.39 Å². The van der Waals surface area contributed by atoms with Crippen molar-refractivity contribution in [2.24, 2.45) is 0 Å². The van der Waals surface area contributed by atoms with Crippen LogP contribution in [0.3, 0.4) is 0 Å². The van der Waals surface area contributed by atoms with Gasteiger partial charge in [-0.05, 0) is 30.8 Å². The Morgan fingerprint density at radius 3 is 2.50 bits per heavy atom. The average molecular weight is 288 g/mol. The molecule has 0 unspecified atom stereocenters. The van der Waals surface area contributed by atoms with E-state index in [1.807, 2.05) is 19.1 Å². The normalized spacial score (nSPS) is 10.9. The first-order valence-electron chi connectivity index (χ1n) is 5.56. The number of hydrogen-bond acceptors (Lipinski definition) is 2. The summed E-state index contributed by atoms with van der Waals surface area (Å²) in [5.41, 5.74) is 0.661. The summed E-state index contributed by atoms with van der Waals surface area (Å²) in [6, 6.07) is 6.67. The van der Waals surface area contributed by atoms with E-state index in [0.717, 1.165) is 12.3 Å². The van der Waals surface area contributed by atoms with E-state index in [1.165, 1.54) is 12.1 Å². The van der Waals surface area contributed by atoms with Crippen LogP contribution in [-0.4, -0.2) is 6.54 Å². The van der Waals surface area contributed by atoms with Gasteiger partial charge in [-0.15, -0.1) is 0 Å². The number of nitrogens with one attached hydrogen (secondary N) is 1. The summed E-state index contributed by atoms with van der Waals surface area (Å²) in [5.74, 6) is 0.816. The number of halogens is 3. The van der Waals surface area contributed by atoms with Crippen molar-refractivity contribution in [3.8, 4) is 11.3 Å². The minimum Gasteiger partial charge on any atom is -0.460 e. The first-order valence-corrected chi connectivity index (χ1v) is 6.31. The van der Waals surface area contributed by atoms with Crippen molar-refractivity contribution < 1.29 is 8.81 Å². The molecule has 0 saturated heterocycles. The molecule has 0 aliphatic carbocycles. The SMILES string of the molecule is CCNCc1ccc(-c2cc(Cl)c(F)c(Cl)c2)o1. The van der Waals surface area contributed by atoms with Crippen LogP contribution in [0.5, 0.6) is 0 Å². The van der Waals surface area contributed by atoms with Gasteiger partial charge in [0, 0.05) is 5.56 Å². The zero-order valence-corrected chi connectivity index (χ0v) is 11.3. The lowest BCUT2D eigenvalue weighted by Gasteiger charge is -2.02. The Morgan fingerprint density at radius 2 is 1.89 bits per heavy atom. The third-order valence-electron chi connectivity index (χ3n) is 2.48. The molecule has 1 aromatic heterocycles. The fourth-order valence-corrected chi connectivity index (χ4v) is 2.06. The quantitative estimate of drug-likeness (QED) is 0.838. The molecular weight excluding hydrogens is 276 g/mol. The van der Waals surface area contributed by atoms with Crippen LogP contribution in [0.2, 0.25) is 10.0 Å². The molecule has 0 amide bonds. The summed E-state index contributed by atoms with van der Waals surface area (Å²) >= 11 is 11.5. The minimum absolute atomic E-state index is 0.0119. The Morgan fingerprint density at radius 1 is 1.22 bits per heavy atom. The van der Waals surface area contributed by atoms with Crippen LogP contribution in [0, 0.1) is 5.82 Å². The van der Waals surface area contributed by atoms with Crippen LogP contribution in [-0.2, 0) is 6.54 Å². The summed E-state index contributed by atoms with van der Waals surface area (Å²) in [6.07, 6.45) is 0. The van der Waals surface area contributed by atoms with Crippen LogP contribution in [0.15, 0.2) is 28.7 Å². The van der Waals surface area contributed by atoms with Crippen molar-refractivity contribution >= 4 is 23.2 Å². The highest BCUT2D eigenvalue weighted by molar-refractivity contribution is 6.35. The van der Waals surface area contributed by atoms with E-state index in [9.17, 15) is 4.39 Å². The smallest absolute Gasteiger partial charge is 0.160 e. The molecule has 0 fully saturated rings. The van der Waals surface area contributed by atoms with Crippen molar-refractivity contribution in [1.82, 2.24) is 5.32 Å². The van der Waals surface area contributed by atoms with E-state index in [4.69, 9.17) is 27.6 Å². The molecule has 1 heterocycles. The van der Waals surface area contributed by atoms with Crippen LogP contribution < -0.4 is 5.32 Å². The van der Waals surface area contributed by atoms with Gasteiger partial charge < -0.3 is 9.73 Å². The van der Waals surface area contributed by atoms with Gasteiger partial charge in [0.2, 0.25) is 0 Å². The number of rotatable bonds is 4. The molecule has 5 heteroatoms. The molecule has 2 nitrogen and oxygen atoms in total. The predicted octanol–water partition coefficient (Wildman–Crippen LogP) is 4.50. The van der Waals surface area contributed by atoms with Gasteiger partial charge in [-0.25, -0.2) is 4.39 Å². The Labute approximate surface area is 115 Å². The zero-order valence-electron chi connectivity index (χ0n) is 9.77. The Bertz CT molecular complexity index is 531. The lowest BCUT2D eigenvalue weighted by atomic mass is 10.2. The molecule has 1 aromatic carbocycles. The van der Waals surface area contributed by atoms with Gasteiger partial charge in [0.1, 0.15) is 11.5 Å².